The SMILES string of the molecule is COCCC(N)C(=O)NC(CC(C)C)c1ccccc1. The summed E-state index contributed by atoms with van der Waals surface area (Å²) in [6.07, 6.45) is 1.43. The van der Waals surface area contributed by atoms with E-state index in [4.69, 9.17) is 10.5 Å². The van der Waals surface area contributed by atoms with E-state index in [1.54, 1.807) is 7.11 Å². The maximum atomic E-state index is 12.1. The largest absolute Gasteiger partial charge is 0.385 e. The Morgan fingerprint density at radius 1 is 1.30 bits per heavy atom. The molecule has 0 saturated carbocycles. The van der Waals surface area contributed by atoms with Crippen LogP contribution in [0.2, 0.25) is 0 Å². The van der Waals surface area contributed by atoms with Crippen molar-refractivity contribution < 1.29 is 9.53 Å². The summed E-state index contributed by atoms with van der Waals surface area (Å²) in [6.45, 7) is 4.79. The molecule has 0 fully saturated rings. The molecule has 0 aliphatic carbocycles. The van der Waals surface area contributed by atoms with Crippen LogP contribution in [0.25, 0.3) is 0 Å². The van der Waals surface area contributed by atoms with Gasteiger partial charge in [-0.1, -0.05) is 44.2 Å². The van der Waals surface area contributed by atoms with E-state index in [1.165, 1.54) is 0 Å². The molecule has 0 aromatic heterocycles. The van der Waals surface area contributed by atoms with Gasteiger partial charge in [-0.2, -0.15) is 0 Å². The molecule has 0 aliphatic rings. The molecule has 1 rings (SSSR count). The Balaban J connectivity index is 2.68. The highest BCUT2D eigenvalue weighted by atomic mass is 16.5. The highest BCUT2D eigenvalue weighted by molar-refractivity contribution is 5.81. The van der Waals surface area contributed by atoms with E-state index in [0.717, 1.165) is 12.0 Å². The maximum absolute atomic E-state index is 12.1. The van der Waals surface area contributed by atoms with Gasteiger partial charge >= 0.3 is 0 Å². The Bertz CT molecular complexity index is 393. The first-order valence-electron chi connectivity index (χ1n) is 7.14. The highest BCUT2D eigenvalue weighted by Crippen LogP contribution is 2.21. The first kappa shape index (κ1) is 16.7. The second-order valence-corrected chi connectivity index (χ2v) is 5.49. The zero-order valence-corrected chi connectivity index (χ0v) is 12.6. The quantitative estimate of drug-likeness (QED) is 0.766. The average molecular weight is 278 g/mol. The Labute approximate surface area is 121 Å². The van der Waals surface area contributed by atoms with Crippen molar-refractivity contribution >= 4 is 5.91 Å². The Morgan fingerprint density at radius 3 is 2.50 bits per heavy atom. The number of hydrogen-bond donors (Lipinski definition) is 2. The number of amides is 1. The van der Waals surface area contributed by atoms with E-state index in [0.29, 0.717) is 18.9 Å². The first-order valence-corrected chi connectivity index (χ1v) is 7.14. The lowest BCUT2D eigenvalue weighted by atomic mass is 9.96. The van der Waals surface area contributed by atoms with Crippen LogP contribution >= 0.6 is 0 Å². The molecule has 0 aliphatic heterocycles. The molecule has 20 heavy (non-hydrogen) atoms. The number of carbonyl (C=O) groups excluding carboxylic acids is 1. The minimum atomic E-state index is -0.520. The van der Waals surface area contributed by atoms with Crippen LogP contribution in [0.1, 0.15) is 38.3 Å². The summed E-state index contributed by atoms with van der Waals surface area (Å²) in [5.74, 6) is 0.382. The number of ether oxygens (including phenoxy) is 1. The van der Waals surface area contributed by atoms with E-state index in [-0.39, 0.29) is 11.9 Å². The second-order valence-electron chi connectivity index (χ2n) is 5.49. The average Bonchev–Trinajstić information content (AvgIpc) is 2.44. The fourth-order valence-corrected chi connectivity index (χ4v) is 2.09. The molecule has 0 heterocycles. The van der Waals surface area contributed by atoms with Gasteiger partial charge in [-0.15, -0.1) is 0 Å². The molecule has 2 atom stereocenters. The van der Waals surface area contributed by atoms with Crippen molar-refractivity contribution in [3.05, 3.63) is 35.9 Å². The van der Waals surface area contributed by atoms with Gasteiger partial charge in [-0.25, -0.2) is 0 Å². The third-order valence-electron chi connectivity index (χ3n) is 3.20. The maximum Gasteiger partial charge on any atom is 0.237 e. The smallest absolute Gasteiger partial charge is 0.237 e. The van der Waals surface area contributed by atoms with Crippen LogP contribution in [0, 0.1) is 5.92 Å². The van der Waals surface area contributed by atoms with Gasteiger partial charge in [0.2, 0.25) is 5.91 Å². The van der Waals surface area contributed by atoms with Gasteiger partial charge in [-0.3, -0.25) is 4.79 Å². The third kappa shape index (κ3) is 5.72. The van der Waals surface area contributed by atoms with Crippen LogP contribution in [0.15, 0.2) is 30.3 Å². The summed E-state index contributed by atoms with van der Waals surface area (Å²) in [5, 5.41) is 3.05. The molecule has 0 spiro atoms. The number of rotatable bonds is 8. The topological polar surface area (TPSA) is 64.3 Å². The molecule has 4 nitrogen and oxygen atoms in total. The number of benzene rings is 1. The van der Waals surface area contributed by atoms with Gasteiger partial charge in [0.1, 0.15) is 0 Å². The van der Waals surface area contributed by atoms with Gasteiger partial charge in [0.15, 0.2) is 0 Å². The number of nitrogens with one attached hydrogen (secondary N) is 1. The normalized spacial score (nSPS) is 14.1. The van der Waals surface area contributed by atoms with Crippen molar-refractivity contribution in [1.82, 2.24) is 5.32 Å². The fraction of sp³-hybridized carbons (Fsp3) is 0.562. The van der Waals surface area contributed by atoms with Crippen LogP contribution in [-0.4, -0.2) is 25.7 Å². The van der Waals surface area contributed by atoms with Crippen molar-refractivity contribution in [1.29, 1.82) is 0 Å². The number of hydrogen-bond acceptors (Lipinski definition) is 3. The molecule has 1 aromatic rings. The number of nitrogens with two attached hydrogens (primary N) is 1. The van der Waals surface area contributed by atoms with Crippen molar-refractivity contribution in [2.24, 2.45) is 11.7 Å². The van der Waals surface area contributed by atoms with Gasteiger partial charge in [0.25, 0.3) is 0 Å². The van der Waals surface area contributed by atoms with Crippen LogP contribution in [0.3, 0.4) is 0 Å². The van der Waals surface area contributed by atoms with Crippen LogP contribution in [0.5, 0.6) is 0 Å². The van der Waals surface area contributed by atoms with Crippen LogP contribution in [-0.2, 0) is 9.53 Å². The lowest BCUT2D eigenvalue weighted by molar-refractivity contribution is -0.123. The monoisotopic (exact) mass is 278 g/mol. The second kappa shape index (κ2) is 8.72. The predicted molar refractivity (Wildman–Crippen MR) is 81.2 cm³/mol. The highest BCUT2D eigenvalue weighted by Gasteiger charge is 2.19. The summed E-state index contributed by atoms with van der Waals surface area (Å²) in [5.41, 5.74) is 6.99. The molecule has 112 valence electrons. The minimum absolute atomic E-state index is 0.0114. The number of carbonyl (C=O) groups is 1. The van der Waals surface area contributed by atoms with Gasteiger partial charge in [-0.05, 0) is 24.3 Å². The van der Waals surface area contributed by atoms with Crippen LogP contribution < -0.4 is 11.1 Å². The summed E-state index contributed by atoms with van der Waals surface area (Å²) < 4.78 is 4.96. The van der Waals surface area contributed by atoms with E-state index >= 15 is 0 Å². The predicted octanol–water partition coefficient (Wildman–Crippen LogP) is 2.25. The summed E-state index contributed by atoms with van der Waals surface area (Å²) in [6, 6.07) is 9.51. The molecule has 0 saturated heterocycles. The first-order chi connectivity index (χ1) is 9.54. The lowest BCUT2D eigenvalue weighted by Gasteiger charge is -2.23. The van der Waals surface area contributed by atoms with Gasteiger partial charge in [0, 0.05) is 13.7 Å². The zero-order chi connectivity index (χ0) is 15.0. The Kier molecular flexibility index (Phi) is 7.26. The fourth-order valence-electron chi connectivity index (χ4n) is 2.09. The van der Waals surface area contributed by atoms with Crippen LogP contribution in [0.4, 0.5) is 0 Å². The molecule has 0 bridgehead atoms. The van der Waals surface area contributed by atoms with Crippen molar-refractivity contribution in [3.8, 4) is 0 Å². The molecular formula is C16H26N2O2. The number of methoxy groups -OCH3 is 1. The molecule has 4 heteroatoms. The molecule has 3 N–H and O–H groups in total. The molecule has 1 amide bonds. The summed E-state index contributed by atoms with van der Waals surface area (Å²) >= 11 is 0. The Hall–Kier alpha value is -1.39. The lowest BCUT2D eigenvalue weighted by Crippen LogP contribution is -2.43. The molecular weight excluding hydrogens is 252 g/mol. The molecule has 2 unspecified atom stereocenters. The van der Waals surface area contributed by atoms with Gasteiger partial charge in [0.05, 0.1) is 12.1 Å². The minimum Gasteiger partial charge on any atom is -0.385 e. The molecule has 0 radical (unpaired) electrons. The summed E-state index contributed by atoms with van der Waals surface area (Å²) in [4.78, 5) is 12.1. The van der Waals surface area contributed by atoms with Crippen molar-refractivity contribution in [2.45, 2.75) is 38.8 Å². The van der Waals surface area contributed by atoms with Crippen molar-refractivity contribution in [2.75, 3.05) is 13.7 Å². The molecule has 1 aromatic carbocycles. The Morgan fingerprint density at radius 2 is 1.95 bits per heavy atom. The third-order valence-corrected chi connectivity index (χ3v) is 3.20. The van der Waals surface area contributed by atoms with E-state index in [1.807, 2.05) is 30.3 Å². The zero-order valence-electron chi connectivity index (χ0n) is 12.6. The van der Waals surface area contributed by atoms with E-state index < -0.39 is 6.04 Å². The standard InChI is InChI=1S/C16H26N2O2/c1-12(2)11-15(13-7-5-4-6-8-13)18-16(19)14(17)9-10-20-3/h4-8,12,14-15H,9-11,17H2,1-3H3,(H,18,19). The summed E-state index contributed by atoms with van der Waals surface area (Å²) in [7, 11) is 1.61. The van der Waals surface area contributed by atoms with Gasteiger partial charge < -0.3 is 15.8 Å². The van der Waals surface area contributed by atoms with Crippen molar-refractivity contribution in [3.63, 3.8) is 0 Å². The van der Waals surface area contributed by atoms with E-state index in [2.05, 4.69) is 19.2 Å². The van der Waals surface area contributed by atoms with E-state index in [9.17, 15) is 4.79 Å².